The molecule has 0 aliphatic rings. The van der Waals surface area contributed by atoms with Crippen LogP contribution in [0.5, 0.6) is 0 Å². The highest BCUT2D eigenvalue weighted by Gasteiger charge is 2.21. The van der Waals surface area contributed by atoms with E-state index in [2.05, 4.69) is 36.8 Å². The average Bonchev–Trinajstić information content (AvgIpc) is 3.60. The van der Waals surface area contributed by atoms with E-state index in [4.69, 9.17) is 11.6 Å². The van der Waals surface area contributed by atoms with Gasteiger partial charge in [0.25, 0.3) is 0 Å². The molecule has 10 heteroatoms. The van der Waals surface area contributed by atoms with Crippen molar-refractivity contribution in [2.75, 3.05) is 13.6 Å². The predicted molar refractivity (Wildman–Crippen MR) is 150 cm³/mol. The summed E-state index contributed by atoms with van der Waals surface area (Å²) in [7, 11) is 1.92. The lowest BCUT2D eigenvalue weighted by Gasteiger charge is -2.11. The highest BCUT2D eigenvalue weighted by Crippen LogP contribution is 2.35. The molecule has 0 bridgehead atoms. The van der Waals surface area contributed by atoms with E-state index in [1.807, 2.05) is 60.7 Å². The largest absolute Gasteiger partial charge is 0.318 e. The zero-order chi connectivity index (χ0) is 26.8. The minimum atomic E-state index is -0.422. The molecule has 0 unspecified atom stereocenters. The fourth-order valence-corrected chi connectivity index (χ4v) is 4.70. The fourth-order valence-electron chi connectivity index (χ4n) is 4.53. The van der Waals surface area contributed by atoms with Gasteiger partial charge in [-0.3, -0.25) is 14.6 Å². The molecule has 0 fully saturated rings. The first-order valence-corrected chi connectivity index (χ1v) is 12.8. The first-order valence-electron chi connectivity index (χ1n) is 12.4. The van der Waals surface area contributed by atoms with Gasteiger partial charge in [0.05, 0.1) is 30.5 Å². The van der Waals surface area contributed by atoms with Crippen molar-refractivity contribution in [3.05, 3.63) is 102 Å². The van der Waals surface area contributed by atoms with Gasteiger partial charge in [-0.2, -0.15) is 5.10 Å². The molecule has 6 rings (SSSR count). The second-order valence-corrected chi connectivity index (χ2v) is 9.59. The van der Waals surface area contributed by atoms with Gasteiger partial charge in [0.2, 0.25) is 0 Å². The van der Waals surface area contributed by atoms with Crippen LogP contribution in [0.2, 0.25) is 5.02 Å². The molecular formula is C29H24ClFN8. The quantitative estimate of drug-likeness (QED) is 0.276. The fraction of sp³-hybridized carbons (Fsp3) is 0.138. The Balaban J connectivity index is 1.46. The summed E-state index contributed by atoms with van der Waals surface area (Å²) >= 11 is 6.24. The molecule has 8 nitrogen and oxygen atoms in total. The van der Waals surface area contributed by atoms with Gasteiger partial charge in [0, 0.05) is 64.0 Å². The molecule has 0 aliphatic heterocycles. The normalized spacial score (nSPS) is 11.4. The predicted octanol–water partition coefficient (Wildman–Crippen LogP) is 5.48. The third-order valence-corrected chi connectivity index (χ3v) is 6.72. The lowest BCUT2D eigenvalue weighted by Crippen LogP contribution is -2.14. The van der Waals surface area contributed by atoms with E-state index in [1.54, 1.807) is 23.1 Å². The maximum absolute atomic E-state index is 15.0. The molecule has 4 aromatic heterocycles. The lowest BCUT2D eigenvalue weighted by molar-refractivity contribution is 0.585. The minimum absolute atomic E-state index is 0.288. The van der Waals surface area contributed by atoms with Gasteiger partial charge in [0.15, 0.2) is 0 Å². The highest BCUT2D eigenvalue weighted by molar-refractivity contribution is 6.30. The van der Waals surface area contributed by atoms with Crippen molar-refractivity contribution < 1.29 is 4.39 Å². The van der Waals surface area contributed by atoms with Gasteiger partial charge in [-0.1, -0.05) is 28.9 Å². The molecule has 0 radical (unpaired) electrons. The number of nitrogens with zero attached hydrogens (tertiary/aromatic N) is 7. The Hall–Kier alpha value is -4.47. The Kier molecular flexibility index (Phi) is 6.83. The molecule has 0 saturated carbocycles. The Labute approximate surface area is 229 Å². The second kappa shape index (κ2) is 10.7. The summed E-state index contributed by atoms with van der Waals surface area (Å²) in [5.41, 5.74) is 5.92. The third-order valence-electron chi connectivity index (χ3n) is 6.49. The molecule has 194 valence electrons. The van der Waals surface area contributed by atoms with Crippen molar-refractivity contribution in [1.29, 1.82) is 0 Å². The summed E-state index contributed by atoms with van der Waals surface area (Å²) in [5.74, 6) is -0.422. The number of likely N-dealkylation sites (N-methyl/N-ethyl adjacent to an activating group) is 1. The topological polar surface area (TPSA) is 86.3 Å². The number of rotatable bonds is 8. The van der Waals surface area contributed by atoms with E-state index in [0.717, 1.165) is 46.2 Å². The van der Waals surface area contributed by atoms with E-state index in [-0.39, 0.29) is 5.56 Å². The van der Waals surface area contributed by atoms with E-state index in [9.17, 15) is 4.39 Å². The number of benzene rings is 2. The van der Waals surface area contributed by atoms with Crippen molar-refractivity contribution >= 4 is 22.5 Å². The Morgan fingerprint density at radius 2 is 1.87 bits per heavy atom. The Morgan fingerprint density at radius 3 is 2.72 bits per heavy atom. The van der Waals surface area contributed by atoms with Crippen LogP contribution in [-0.2, 0) is 13.1 Å². The van der Waals surface area contributed by atoms with Gasteiger partial charge in [-0.05, 0) is 55.1 Å². The molecule has 0 amide bonds. The lowest BCUT2D eigenvalue weighted by atomic mass is 10.0. The van der Waals surface area contributed by atoms with Crippen LogP contribution >= 0.6 is 11.6 Å². The summed E-state index contributed by atoms with van der Waals surface area (Å²) < 4.78 is 18.7. The number of halogens is 2. The minimum Gasteiger partial charge on any atom is -0.318 e. The first-order chi connectivity index (χ1) is 19.1. The maximum atomic E-state index is 15.0. The van der Waals surface area contributed by atoms with Crippen LogP contribution < -0.4 is 5.32 Å². The number of hydrogen-bond donors (Lipinski definition) is 1. The Bertz CT molecular complexity index is 1760. The molecule has 0 aliphatic carbocycles. The number of aromatic nitrogens is 7. The maximum Gasteiger partial charge on any atom is 0.132 e. The third kappa shape index (κ3) is 5.14. The van der Waals surface area contributed by atoms with Crippen molar-refractivity contribution in [3.8, 4) is 33.6 Å². The molecule has 0 atom stereocenters. The highest BCUT2D eigenvalue weighted by atomic mass is 35.5. The average molecular weight is 539 g/mol. The van der Waals surface area contributed by atoms with Crippen LogP contribution in [0.3, 0.4) is 0 Å². The summed E-state index contributed by atoms with van der Waals surface area (Å²) in [6.07, 6.45) is 9.20. The molecule has 0 spiro atoms. The van der Waals surface area contributed by atoms with Crippen LogP contribution in [-0.4, -0.2) is 48.3 Å². The van der Waals surface area contributed by atoms with Gasteiger partial charge in [-0.25, -0.2) is 9.07 Å². The van der Waals surface area contributed by atoms with Gasteiger partial charge < -0.3 is 5.32 Å². The summed E-state index contributed by atoms with van der Waals surface area (Å²) in [5, 5.41) is 17.7. The van der Waals surface area contributed by atoms with Crippen LogP contribution in [0, 0.1) is 5.82 Å². The number of hydrogen-bond acceptors (Lipinski definition) is 6. The monoisotopic (exact) mass is 538 g/mol. The molecule has 39 heavy (non-hydrogen) atoms. The Morgan fingerprint density at radius 1 is 0.974 bits per heavy atom. The molecule has 4 heterocycles. The SMILES string of the molecule is CNCCn1cc(-c2cnc3ccc(-c4c(-c5cc(Cl)ccc5F)nnn4Cc4cccnc4)cc3c2)cn1. The van der Waals surface area contributed by atoms with Gasteiger partial charge in [0.1, 0.15) is 11.5 Å². The number of nitrogens with one attached hydrogen (secondary N) is 1. The summed E-state index contributed by atoms with van der Waals surface area (Å²) in [4.78, 5) is 8.89. The van der Waals surface area contributed by atoms with Crippen LogP contribution in [0.4, 0.5) is 4.39 Å². The van der Waals surface area contributed by atoms with E-state index in [0.29, 0.717) is 23.0 Å². The zero-order valence-electron chi connectivity index (χ0n) is 21.1. The second-order valence-electron chi connectivity index (χ2n) is 9.16. The number of fused-ring (bicyclic) bond motifs is 1. The van der Waals surface area contributed by atoms with Crippen molar-refractivity contribution in [3.63, 3.8) is 0 Å². The van der Waals surface area contributed by atoms with E-state index < -0.39 is 5.82 Å². The summed E-state index contributed by atoms with van der Waals surface area (Å²) in [6.45, 7) is 2.02. The smallest absolute Gasteiger partial charge is 0.132 e. The van der Waals surface area contributed by atoms with Crippen LogP contribution in [0.1, 0.15) is 5.56 Å². The van der Waals surface area contributed by atoms with Crippen molar-refractivity contribution in [2.24, 2.45) is 0 Å². The molecular weight excluding hydrogens is 515 g/mol. The van der Waals surface area contributed by atoms with E-state index >= 15 is 0 Å². The standard InChI is InChI=1S/C29H24ClFN8/c1-32-9-10-38-18-23(16-35-38)22-12-21-11-20(4-7-27(21)34-15-22)29-28(25-13-24(30)5-6-26(25)31)36-37-39(29)17-19-3-2-8-33-14-19/h2-8,11-16,18,32H,9-10,17H2,1H3. The van der Waals surface area contributed by atoms with Crippen molar-refractivity contribution in [2.45, 2.75) is 13.1 Å². The van der Waals surface area contributed by atoms with Gasteiger partial charge in [-0.15, -0.1) is 5.10 Å². The number of pyridine rings is 2. The molecule has 1 N–H and O–H groups in total. The van der Waals surface area contributed by atoms with Crippen LogP contribution in [0.15, 0.2) is 85.6 Å². The molecule has 2 aromatic carbocycles. The zero-order valence-corrected chi connectivity index (χ0v) is 21.8. The van der Waals surface area contributed by atoms with Crippen LogP contribution in [0.25, 0.3) is 44.5 Å². The van der Waals surface area contributed by atoms with Gasteiger partial charge >= 0.3 is 0 Å². The summed E-state index contributed by atoms with van der Waals surface area (Å²) in [6, 6.07) is 16.3. The first kappa shape index (κ1) is 24.8. The molecule has 6 aromatic rings. The molecule has 0 saturated heterocycles. The van der Waals surface area contributed by atoms with E-state index in [1.165, 1.54) is 12.1 Å². The van der Waals surface area contributed by atoms with Crippen molar-refractivity contribution in [1.82, 2.24) is 40.1 Å².